The molecule has 1 atom stereocenters. The van der Waals surface area contributed by atoms with Crippen LogP contribution < -0.4 is 10.6 Å². The van der Waals surface area contributed by atoms with Gasteiger partial charge >= 0.3 is 0 Å². The molecule has 2 saturated heterocycles. The van der Waals surface area contributed by atoms with Gasteiger partial charge in [-0.1, -0.05) is 4.49 Å². The third-order valence-electron chi connectivity index (χ3n) is 6.55. The molecule has 0 aliphatic carbocycles. The van der Waals surface area contributed by atoms with Crippen LogP contribution in [0.3, 0.4) is 0 Å². The quantitative estimate of drug-likeness (QED) is 0.388. The number of anilines is 1. The maximum atomic E-state index is 13.5. The van der Waals surface area contributed by atoms with E-state index >= 15 is 0 Å². The Balaban J connectivity index is 1.38. The molecule has 2 N–H and O–H groups in total. The summed E-state index contributed by atoms with van der Waals surface area (Å²) < 4.78 is 9.39. The molecule has 0 saturated carbocycles. The standard InChI is InChI=1S/C25H29N7O4S/c1-16-12-17-13-18(7-8-21(17)36-16)26-25(28-23(34)20-15-37-30-29-20)27-19-6-2-3-11-32(24(19)35)14-22(33)31-9-4-5-10-31/h7-8,12-13,15,19H,2-6,9-11,14H2,1H3,(H2,26,27,28,34)/t19-/m0/s1. The maximum Gasteiger partial charge on any atom is 0.279 e. The molecule has 0 spiro atoms. The van der Waals surface area contributed by atoms with Crippen LogP contribution in [0.5, 0.6) is 0 Å². The van der Waals surface area contributed by atoms with Crippen LogP contribution in [0.25, 0.3) is 11.0 Å². The maximum absolute atomic E-state index is 13.5. The van der Waals surface area contributed by atoms with Gasteiger partial charge in [0.05, 0.1) is 6.54 Å². The molecule has 1 aromatic carbocycles. The average molecular weight is 524 g/mol. The lowest BCUT2D eigenvalue weighted by Crippen LogP contribution is -2.45. The van der Waals surface area contributed by atoms with Crippen molar-refractivity contribution < 1.29 is 18.8 Å². The van der Waals surface area contributed by atoms with Crippen molar-refractivity contribution in [2.24, 2.45) is 4.99 Å². The smallest absolute Gasteiger partial charge is 0.279 e. The van der Waals surface area contributed by atoms with Crippen LogP contribution in [0, 0.1) is 6.92 Å². The van der Waals surface area contributed by atoms with Crippen molar-refractivity contribution in [2.75, 3.05) is 31.5 Å². The molecule has 11 nitrogen and oxygen atoms in total. The first kappa shape index (κ1) is 24.9. The summed E-state index contributed by atoms with van der Waals surface area (Å²) in [7, 11) is 0. The zero-order chi connectivity index (χ0) is 25.8. The number of benzene rings is 1. The summed E-state index contributed by atoms with van der Waals surface area (Å²) in [5.41, 5.74) is 1.58. The number of carbonyl (C=O) groups excluding carboxylic acids is 3. The molecule has 2 fully saturated rings. The van der Waals surface area contributed by atoms with Gasteiger partial charge in [-0.25, -0.2) is 4.99 Å². The van der Waals surface area contributed by atoms with Crippen LogP contribution in [0.15, 0.2) is 39.1 Å². The average Bonchev–Trinajstić information content (AvgIpc) is 3.64. The Morgan fingerprint density at radius 3 is 2.76 bits per heavy atom. The summed E-state index contributed by atoms with van der Waals surface area (Å²) in [5.74, 6) is 0.195. The zero-order valence-electron chi connectivity index (χ0n) is 20.6. The van der Waals surface area contributed by atoms with E-state index < -0.39 is 11.9 Å². The highest BCUT2D eigenvalue weighted by atomic mass is 32.1. The van der Waals surface area contributed by atoms with E-state index in [1.807, 2.05) is 36.1 Å². The van der Waals surface area contributed by atoms with Crippen LogP contribution in [0.4, 0.5) is 5.69 Å². The summed E-state index contributed by atoms with van der Waals surface area (Å²) in [6.45, 7) is 3.94. The molecule has 0 unspecified atom stereocenters. The van der Waals surface area contributed by atoms with Gasteiger partial charge in [0, 0.05) is 36.1 Å². The topological polar surface area (TPSA) is 133 Å². The van der Waals surface area contributed by atoms with Crippen LogP contribution in [0.1, 0.15) is 48.4 Å². The molecule has 3 amide bonds. The number of nitrogens with zero attached hydrogens (tertiary/aromatic N) is 5. The summed E-state index contributed by atoms with van der Waals surface area (Å²) in [4.78, 5) is 47.0. The van der Waals surface area contributed by atoms with Gasteiger partial charge in [-0.3, -0.25) is 19.7 Å². The number of nitrogens with one attached hydrogen (secondary N) is 2. The normalized spacial score (nSPS) is 18.8. The third-order valence-corrected chi connectivity index (χ3v) is 7.05. The van der Waals surface area contributed by atoms with Crippen molar-refractivity contribution in [3.8, 4) is 0 Å². The number of aromatic nitrogens is 2. The molecule has 12 heteroatoms. The number of aryl methyl sites for hydroxylation is 1. The lowest BCUT2D eigenvalue weighted by Gasteiger charge is -2.25. The minimum atomic E-state index is -0.731. The van der Waals surface area contributed by atoms with E-state index in [1.165, 1.54) is 5.38 Å². The number of furan rings is 1. The molecule has 2 aromatic heterocycles. The Morgan fingerprint density at radius 1 is 1.16 bits per heavy atom. The first-order valence-corrected chi connectivity index (χ1v) is 13.3. The summed E-state index contributed by atoms with van der Waals surface area (Å²) in [6.07, 6.45) is 4.10. The van der Waals surface area contributed by atoms with E-state index in [4.69, 9.17) is 4.42 Å². The highest BCUT2D eigenvalue weighted by Gasteiger charge is 2.30. The van der Waals surface area contributed by atoms with Gasteiger partial charge in [0.2, 0.25) is 17.8 Å². The summed E-state index contributed by atoms with van der Waals surface area (Å²) >= 11 is 1.07. The van der Waals surface area contributed by atoms with Gasteiger partial charge in [-0.05, 0) is 74.8 Å². The number of aliphatic imine (C=N–C) groups is 1. The van der Waals surface area contributed by atoms with Gasteiger partial charge in [-0.15, -0.1) is 5.10 Å². The summed E-state index contributed by atoms with van der Waals surface area (Å²) in [5, 5.41) is 12.2. The molecule has 2 aliphatic heterocycles. The summed E-state index contributed by atoms with van der Waals surface area (Å²) in [6, 6.07) is 6.71. The predicted molar refractivity (Wildman–Crippen MR) is 139 cm³/mol. The zero-order valence-corrected chi connectivity index (χ0v) is 21.4. The van der Waals surface area contributed by atoms with E-state index in [9.17, 15) is 14.4 Å². The molecule has 0 radical (unpaired) electrons. The second kappa shape index (κ2) is 11.1. The van der Waals surface area contributed by atoms with Crippen molar-refractivity contribution in [1.82, 2.24) is 24.7 Å². The second-order valence-corrected chi connectivity index (χ2v) is 9.93. The largest absolute Gasteiger partial charge is 0.461 e. The van der Waals surface area contributed by atoms with Crippen molar-refractivity contribution in [3.05, 3.63) is 41.1 Å². The van der Waals surface area contributed by atoms with E-state index in [0.29, 0.717) is 18.7 Å². The lowest BCUT2D eigenvalue weighted by atomic mass is 10.1. The van der Waals surface area contributed by atoms with E-state index in [2.05, 4.69) is 25.2 Å². The predicted octanol–water partition coefficient (Wildman–Crippen LogP) is 2.79. The minimum absolute atomic E-state index is 0.0260. The molecule has 194 valence electrons. The molecule has 5 rings (SSSR count). The number of hydrogen-bond acceptors (Lipinski definition) is 8. The molecule has 3 aromatic rings. The Labute approximate surface area is 218 Å². The fourth-order valence-electron chi connectivity index (χ4n) is 4.67. The highest BCUT2D eigenvalue weighted by molar-refractivity contribution is 7.03. The first-order valence-electron chi connectivity index (χ1n) is 12.5. The van der Waals surface area contributed by atoms with Gasteiger partial charge < -0.3 is 19.5 Å². The number of carbonyl (C=O) groups is 3. The minimum Gasteiger partial charge on any atom is -0.461 e. The van der Waals surface area contributed by atoms with E-state index in [1.54, 1.807) is 4.90 Å². The first-order chi connectivity index (χ1) is 18.0. The third kappa shape index (κ3) is 5.96. The number of amides is 3. The van der Waals surface area contributed by atoms with E-state index in [-0.39, 0.29) is 30.0 Å². The Hall–Kier alpha value is -3.80. The number of rotatable bonds is 5. The number of likely N-dealkylation sites (tertiary alicyclic amines) is 2. The van der Waals surface area contributed by atoms with Crippen molar-refractivity contribution in [3.63, 3.8) is 0 Å². The fourth-order valence-corrected chi connectivity index (χ4v) is 5.10. The molecule has 0 bridgehead atoms. The fraction of sp³-hybridized carbons (Fsp3) is 0.440. The molecular formula is C25H29N7O4S. The van der Waals surface area contributed by atoms with Crippen LogP contribution in [-0.2, 0) is 9.59 Å². The van der Waals surface area contributed by atoms with Crippen LogP contribution >= 0.6 is 11.5 Å². The van der Waals surface area contributed by atoms with Crippen molar-refractivity contribution in [2.45, 2.75) is 45.1 Å². The SMILES string of the molecule is Cc1cc2cc(NC(=N[C@H]3CCCCN(CC(=O)N4CCCC4)C3=O)NC(=O)c3csnn3)ccc2o1. The van der Waals surface area contributed by atoms with Gasteiger partial charge in [0.1, 0.15) is 17.4 Å². The number of guanidine groups is 1. The van der Waals surface area contributed by atoms with Gasteiger partial charge in [0.15, 0.2) is 5.69 Å². The number of hydrogen-bond donors (Lipinski definition) is 2. The van der Waals surface area contributed by atoms with E-state index in [0.717, 1.165) is 67.0 Å². The molecule has 37 heavy (non-hydrogen) atoms. The Bertz CT molecular complexity index is 1310. The number of fused-ring (bicyclic) bond motifs is 1. The Kier molecular flexibility index (Phi) is 7.45. The second-order valence-electron chi connectivity index (χ2n) is 9.32. The van der Waals surface area contributed by atoms with Crippen LogP contribution in [-0.4, -0.2) is 75.3 Å². The molecule has 4 heterocycles. The Morgan fingerprint density at radius 2 is 1.97 bits per heavy atom. The lowest BCUT2D eigenvalue weighted by molar-refractivity contribution is -0.140. The van der Waals surface area contributed by atoms with Crippen molar-refractivity contribution >= 4 is 51.9 Å². The molecular weight excluding hydrogens is 494 g/mol. The van der Waals surface area contributed by atoms with Crippen LogP contribution in [0.2, 0.25) is 0 Å². The highest BCUT2D eigenvalue weighted by Crippen LogP contribution is 2.23. The van der Waals surface area contributed by atoms with Gasteiger partial charge in [0.25, 0.3) is 5.91 Å². The van der Waals surface area contributed by atoms with Crippen molar-refractivity contribution in [1.29, 1.82) is 0 Å². The molecule has 2 aliphatic rings. The van der Waals surface area contributed by atoms with Gasteiger partial charge in [-0.2, -0.15) is 0 Å². The monoisotopic (exact) mass is 523 g/mol.